The Morgan fingerprint density at radius 1 is 1.35 bits per heavy atom. The molecule has 0 aromatic heterocycles. The van der Waals surface area contributed by atoms with Gasteiger partial charge in [-0.25, -0.2) is 0 Å². The first-order valence-corrected chi connectivity index (χ1v) is 7.63. The molecule has 0 saturated carbocycles. The quantitative estimate of drug-likeness (QED) is 0.780. The molecule has 2 rings (SSSR count). The number of nitrogens with zero attached hydrogens (tertiary/aromatic N) is 1. The minimum atomic E-state index is -0.510. The van der Waals surface area contributed by atoms with E-state index in [-0.39, 0.29) is 0 Å². The molecule has 1 aliphatic rings. The molecule has 4 nitrogen and oxygen atoms in total. The fourth-order valence-corrected chi connectivity index (χ4v) is 3.03. The highest BCUT2D eigenvalue weighted by atomic mass is 35.5. The maximum Gasteiger partial charge on any atom is 0.124 e. The Balaban J connectivity index is 1.86. The number of halogens is 2. The van der Waals surface area contributed by atoms with Crippen LogP contribution in [0, 0.1) is 0 Å². The second-order valence-corrected chi connectivity index (χ2v) is 6.02. The largest absolute Gasteiger partial charge is 0.381 e. The first-order chi connectivity index (χ1) is 9.58. The number of rotatable bonds is 5. The molecule has 0 radical (unpaired) electrons. The zero-order valence-corrected chi connectivity index (χ0v) is 13.1. The number of hydrogen-bond donors (Lipinski definition) is 3. The summed E-state index contributed by atoms with van der Waals surface area (Å²) in [7, 11) is 1.97. The molecule has 1 aliphatic heterocycles. The normalized spacial score (nSPS) is 21.7. The summed E-state index contributed by atoms with van der Waals surface area (Å²) in [6.07, 6.45) is 1.76. The van der Waals surface area contributed by atoms with Gasteiger partial charge in [-0.3, -0.25) is 4.90 Å². The van der Waals surface area contributed by atoms with Crippen LogP contribution in [0.15, 0.2) is 18.2 Å². The summed E-state index contributed by atoms with van der Waals surface area (Å²) in [5.41, 5.74) is 0.823. The second kappa shape index (κ2) is 7.48. The number of anilines is 1. The van der Waals surface area contributed by atoms with Crippen molar-refractivity contribution in [1.29, 1.82) is 0 Å². The standard InChI is InChI=1S/C14H21Cl2N3O/c1-17-12-3-2-4-19(9-12)14(20)8-18-13-6-10(15)5-11(16)7-13/h5-7,12,14,17-18,20H,2-4,8-9H2,1H3. The van der Waals surface area contributed by atoms with E-state index >= 15 is 0 Å². The molecule has 2 atom stereocenters. The summed E-state index contributed by atoms with van der Waals surface area (Å²) in [4.78, 5) is 2.09. The van der Waals surface area contributed by atoms with Crippen molar-refractivity contribution in [3.63, 3.8) is 0 Å². The minimum absolute atomic E-state index is 0.451. The molecule has 1 fully saturated rings. The van der Waals surface area contributed by atoms with Crippen molar-refractivity contribution in [3.05, 3.63) is 28.2 Å². The highest BCUT2D eigenvalue weighted by molar-refractivity contribution is 6.35. The maximum atomic E-state index is 10.3. The van der Waals surface area contributed by atoms with Crippen LogP contribution in [0.3, 0.4) is 0 Å². The number of likely N-dealkylation sites (tertiary alicyclic amines) is 1. The predicted octanol–water partition coefficient (Wildman–Crippen LogP) is 2.41. The molecule has 1 aromatic rings. The van der Waals surface area contributed by atoms with Gasteiger partial charge in [-0.15, -0.1) is 0 Å². The Morgan fingerprint density at radius 2 is 2.05 bits per heavy atom. The number of benzene rings is 1. The Kier molecular flexibility index (Phi) is 5.93. The molecule has 0 spiro atoms. The summed E-state index contributed by atoms with van der Waals surface area (Å²) in [6, 6.07) is 5.74. The molecular formula is C14H21Cl2N3O. The molecule has 2 unspecified atom stereocenters. The van der Waals surface area contributed by atoms with Gasteiger partial charge >= 0.3 is 0 Å². The third kappa shape index (κ3) is 4.50. The molecule has 1 aromatic carbocycles. The van der Waals surface area contributed by atoms with Crippen LogP contribution in [-0.2, 0) is 0 Å². The Morgan fingerprint density at radius 3 is 2.70 bits per heavy atom. The van der Waals surface area contributed by atoms with Crippen molar-refractivity contribution in [1.82, 2.24) is 10.2 Å². The third-order valence-corrected chi connectivity index (χ3v) is 4.07. The predicted molar refractivity (Wildman–Crippen MR) is 84.6 cm³/mol. The smallest absolute Gasteiger partial charge is 0.124 e. The van der Waals surface area contributed by atoms with Gasteiger partial charge in [0.15, 0.2) is 0 Å². The molecule has 20 heavy (non-hydrogen) atoms. The van der Waals surface area contributed by atoms with Gasteiger partial charge in [-0.05, 0) is 38.1 Å². The van der Waals surface area contributed by atoms with Crippen molar-refractivity contribution in [3.8, 4) is 0 Å². The van der Waals surface area contributed by atoms with E-state index in [4.69, 9.17) is 23.2 Å². The molecule has 112 valence electrons. The average Bonchev–Trinajstić information content (AvgIpc) is 2.44. The fraction of sp³-hybridized carbons (Fsp3) is 0.571. The van der Waals surface area contributed by atoms with E-state index in [1.165, 1.54) is 0 Å². The maximum absolute atomic E-state index is 10.3. The number of piperidine rings is 1. The molecular weight excluding hydrogens is 297 g/mol. The fourth-order valence-electron chi connectivity index (χ4n) is 2.51. The Labute approximate surface area is 130 Å². The number of likely N-dealkylation sites (N-methyl/N-ethyl adjacent to an activating group) is 1. The lowest BCUT2D eigenvalue weighted by Crippen LogP contribution is -2.50. The van der Waals surface area contributed by atoms with Crippen LogP contribution in [-0.4, -0.2) is 49.0 Å². The van der Waals surface area contributed by atoms with Crippen LogP contribution in [0.2, 0.25) is 10.0 Å². The highest BCUT2D eigenvalue weighted by Gasteiger charge is 2.23. The van der Waals surface area contributed by atoms with E-state index in [1.807, 2.05) is 7.05 Å². The summed E-state index contributed by atoms with van der Waals surface area (Å²) >= 11 is 11.9. The van der Waals surface area contributed by atoms with Crippen LogP contribution in [0.25, 0.3) is 0 Å². The molecule has 1 saturated heterocycles. The topological polar surface area (TPSA) is 47.5 Å². The van der Waals surface area contributed by atoms with Gasteiger partial charge in [0.1, 0.15) is 6.23 Å². The van der Waals surface area contributed by atoms with Crippen LogP contribution in [0.5, 0.6) is 0 Å². The first-order valence-electron chi connectivity index (χ1n) is 6.88. The Hall–Kier alpha value is -0.520. The van der Waals surface area contributed by atoms with Crippen LogP contribution < -0.4 is 10.6 Å². The molecule has 0 amide bonds. The van der Waals surface area contributed by atoms with Gasteiger partial charge in [0, 0.05) is 34.9 Å². The molecule has 0 bridgehead atoms. The average molecular weight is 318 g/mol. The lowest BCUT2D eigenvalue weighted by Gasteiger charge is -2.35. The minimum Gasteiger partial charge on any atom is -0.381 e. The van der Waals surface area contributed by atoms with Crippen molar-refractivity contribution >= 4 is 28.9 Å². The van der Waals surface area contributed by atoms with Crippen molar-refractivity contribution in [2.45, 2.75) is 25.1 Å². The van der Waals surface area contributed by atoms with Crippen molar-refractivity contribution in [2.24, 2.45) is 0 Å². The lowest BCUT2D eigenvalue weighted by atomic mass is 10.1. The van der Waals surface area contributed by atoms with E-state index in [9.17, 15) is 5.11 Å². The van der Waals surface area contributed by atoms with Gasteiger partial charge in [0.05, 0.1) is 6.54 Å². The molecule has 6 heteroatoms. The van der Waals surface area contributed by atoms with Gasteiger partial charge in [-0.2, -0.15) is 0 Å². The molecule has 1 heterocycles. The number of nitrogens with one attached hydrogen (secondary N) is 2. The number of aliphatic hydroxyl groups is 1. The van der Waals surface area contributed by atoms with Crippen molar-refractivity contribution in [2.75, 3.05) is 32.0 Å². The third-order valence-electron chi connectivity index (χ3n) is 3.63. The van der Waals surface area contributed by atoms with Crippen LogP contribution in [0.4, 0.5) is 5.69 Å². The first kappa shape index (κ1) is 15.9. The monoisotopic (exact) mass is 317 g/mol. The van der Waals surface area contributed by atoms with E-state index in [2.05, 4.69) is 15.5 Å². The van der Waals surface area contributed by atoms with Crippen molar-refractivity contribution < 1.29 is 5.11 Å². The van der Waals surface area contributed by atoms with Gasteiger partial charge in [0.25, 0.3) is 0 Å². The van der Waals surface area contributed by atoms with E-state index < -0.39 is 6.23 Å². The van der Waals surface area contributed by atoms with E-state index in [0.29, 0.717) is 22.6 Å². The summed E-state index contributed by atoms with van der Waals surface area (Å²) in [5, 5.41) is 17.9. The van der Waals surface area contributed by atoms with Gasteiger partial charge in [0.2, 0.25) is 0 Å². The SMILES string of the molecule is CNC1CCCN(C(O)CNc2cc(Cl)cc(Cl)c2)C1. The summed E-state index contributed by atoms with van der Waals surface area (Å²) in [5.74, 6) is 0. The van der Waals surface area contributed by atoms with E-state index in [0.717, 1.165) is 31.6 Å². The highest BCUT2D eigenvalue weighted by Crippen LogP contribution is 2.22. The molecule has 0 aliphatic carbocycles. The zero-order valence-electron chi connectivity index (χ0n) is 11.6. The summed E-state index contributed by atoms with van der Waals surface area (Å²) in [6.45, 7) is 2.25. The Bertz CT molecular complexity index is 424. The van der Waals surface area contributed by atoms with Gasteiger partial charge in [-0.1, -0.05) is 23.2 Å². The number of hydrogen-bond acceptors (Lipinski definition) is 4. The number of aliphatic hydroxyl groups excluding tert-OH is 1. The lowest BCUT2D eigenvalue weighted by molar-refractivity contribution is -0.00523. The second-order valence-electron chi connectivity index (χ2n) is 5.14. The zero-order chi connectivity index (χ0) is 14.5. The van der Waals surface area contributed by atoms with Crippen LogP contribution in [0.1, 0.15) is 12.8 Å². The van der Waals surface area contributed by atoms with Gasteiger partial charge < -0.3 is 15.7 Å². The van der Waals surface area contributed by atoms with Crippen LogP contribution >= 0.6 is 23.2 Å². The molecule has 3 N–H and O–H groups in total. The van der Waals surface area contributed by atoms with E-state index in [1.54, 1.807) is 18.2 Å². The summed E-state index contributed by atoms with van der Waals surface area (Å²) < 4.78 is 0.